The zero-order valence-corrected chi connectivity index (χ0v) is 14.0. The summed E-state index contributed by atoms with van der Waals surface area (Å²) in [6.07, 6.45) is -0.594. The van der Waals surface area contributed by atoms with Crippen molar-refractivity contribution >= 4 is 27.3 Å². The number of thiophene rings is 1. The summed E-state index contributed by atoms with van der Waals surface area (Å²) in [5.74, 6) is 0.255. The molecule has 2 rings (SSSR count). The maximum Gasteiger partial charge on any atom is 0.123 e. The Morgan fingerprint density at radius 2 is 2.00 bits per heavy atom. The van der Waals surface area contributed by atoms with Gasteiger partial charge in [-0.05, 0) is 59.4 Å². The molecule has 1 aromatic carbocycles. The molecule has 0 bridgehead atoms. The normalized spacial score (nSPS) is 12.6. The Bertz CT molecular complexity index is 561. The number of hydrogen-bond donors (Lipinski definition) is 1. The van der Waals surface area contributed by atoms with Crippen LogP contribution >= 0.6 is 27.3 Å². The average molecular weight is 374 g/mol. The number of rotatable bonds is 7. The van der Waals surface area contributed by atoms with E-state index in [9.17, 15) is 9.50 Å². The third kappa shape index (κ3) is 5.74. The molecular weight excluding hydrogens is 357 g/mol. The maximum absolute atomic E-state index is 12.8. The van der Waals surface area contributed by atoms with E-state index in [2.05, 4.69) is 22.0 Å². The monoisotopic (exact) mass is 373 g/mol. The van der Waals surface area contributed by atoms with Gasteiger partial charge in [-0.1, -0.05) is 0 Å². The van der Waals surface area contributed by atoms with Gasteiger partial charge in [-0.2, -0.15) is 0 Å². The van der Waals surface area contributed by atoms with E-state index in [1.807, 2.05) is 18.0 Å². The van der Waals surface area contributed by atoms with Crippen molar-refractivity contribution in [1.82, 2.24) is 4.90 Å². The van der Waals surface area contributed by atoms with Crippen molar-refractivity contribution in [2.75, 3.05) is 20.2 Å². The van der Waals surface area contributed by atoms with Gasteiger partial charge in [-0.15, -0.1) is 11.3 Å². The van der Waals surface area contributed by atoms with Gasteiger partial charge in [0.15, 0.2) is 0 Å². The van der Waals surface area contributed by atoms with Gasteiger partial charge < -0.3 is 9.84 Å². The molecule has 21 heavy (non-hydrogen) atoms. The number of likely N-dealkylation sites (N-methyl/N-ethyl adjacent to an activating group) is 1. The minimum absolute atomic E-state index is 0.185. The lowest BCUT2D eigenvalue weighted by Crippen LogP contribution is -2.32. The number of aliphatic hydroxyl groups is 1. The van der Waals surface area contributed by atoms with Gasteiger partial charge in [0.1, 0.15) is 24.3 Å². The van der Waals surface area contributed by atoms with E-state index in [1.54, 1.807) is 23.5 Å². The molecule has 2 aromatic rings. The summed E-state index contributed by atoms with van der Waals surface area (Å²) < 4.78 is 19.3. The largest absolute Gasteiger partial charge is 0.491 e. The Morgan fingerprint density at radius 1 is 1.29 bits per heavy atom. The smallest absolute Gasteiger partial charge is 0.123 e. The molecule has 1 N–H and O–H groups in total. The van der Waals surface area contributed by atoms with Crippen molar-refractivity contribution in [2.24, 2.45) is 0 Å². The fraction of sp³-hybridized carbons (Fsp3) is 0.333. The Balaban J connectivity index is 1.73. The minimum atomic E-state index is -0.594. The van der Waals surface area contributed by atoms with Gasteiger partial charge in [0.25, 0.3) is 0 Å². The molecule has 0 radical (unpaired) electrons. The van der Waals surface area contributed by atoms with E-state index in [4.69, 9.17) is 4.74 Å². The quantitative estimate of drug-likeness (QED) is 0.805. The van der Waals surface area contributed by atoms with Crippen molar-refractivity contribution in [1.29, 1.82) is 0 Å². The lowest BCUT2D eigenvalue weighted by molar-refractivity contribution is 0.0746. The first kappa shape index (κ1) is 16.4. The van der Waals surface area contributed by atoms with Crippen LogP contribution in [0.2, 0.25) is 0 Å². The number of halogens is 2. The second-order valence-electron chi connectivity index (χ2n) is 4.82. The summed E-state index contributed by atoms with van der Waals surface area (Å²) in [6.45, 7) is 1.48. The topological polar surface area (TPSA) is 32.7 Å². The van der Waals surface area contributed by atoms with Crippen LogP contribution < -0.4 is 4.74 Å². The van der Waals surface area contributed by atoms with E-state index in [1.165, 1.54) is 17.0 Å². The molecular formula is C15H17BrFNO2S. The molecule has 0 aliphatic rings. The molecule has 0 saturated carbocycles. The number of hydrogen-bond acceptors (Lipinski definition) is 4. The highest BCUT2D eigenvalue weighted by molar-refractivity contribution is 9.11. The van der Waals surface area contributed by atoms with Crippen LogP contribution in [0, 0.1) is 5.82 Å². The molecule has 0 saturated heterocycles. The molecule has 0 fully saturated rings. The van der Waals surface area contributed by atoms with Crippen LogP contribution in [-0.2, 0) is 6.54 Å². The van der Waals surface area contributed by atoms with Gasteiger partial charge in [-0.3, -0.25) is 4.90 Å². The van der Waals surface area contributed by atoms with Gasteiger partial charge in [0, 0.05) is 18.0 Å². The van der Waals surface area contributed by atoms with E-state index < -0.39 is 6.10 Å². The highest BCUT2D eigenvalue weighted by Gasteiger charge is 2.10. The van der Waals surface area contributed by atoms with E-state index >= 15 is 0 Å². The number of nitrogens with zero attached hydrogens (tertiary/aromatic N) is 1. The number of ether oxygens (including phenoxy) is 1. The molecule has 114 valence electrons. The summed E-state index contributed by atoms with van der Waals surface area (Å²) in [5, 5.41) is 9.97. The summed E-state index contributed by atoms with van der Waals surface area (Å²) in [7, 11) is 1.95. The lowest BCUT2D eigenvalue weighted by atomic mass is 10.3. The first-order valence-electron chi connectivity index (χ1n) is 6.52. The summed E-state index contributed by atoms with van der Waals surface area (Å²) in [5.41, 5.74) is 0. The van der Waals surface area contributed by atoms with E-state index in [0.29, 0.717) is 12.3 Å². The van der Waals surface area contributed by atoms with Gasteiger partial charge >= 0.3 is 0 Å². The first-order chi connectivity index (χ1) is 10.0. The predicted octanol–water partition coefficient (Wildman–Crippen LogP) is 3.52. The van der Waals surface area contributed by atoms with Crippen molar-refractivity contribution in [2.45, 2.75) is 12.6 Å². The maximum atomic E-state index is 12.8. The fourth-order valence-corrected chi connectivity index (χ4v) is 3.47. The van der Waals surface area contributed by atoms with E-state index in [-0.39, 0.29) is 12.4 Å². The van der Waals surface area contributed by atoms with Gasteiger partial charge in [0.2, 0.25) is 0 Å². The minimum Gasteiger partial charge on any atom is -0.491 e. The van der Waals surface area contributed by atoms with Crippen LogP contribution in [0.4, 0.5) is 4.39 Å². The van der Waals surface area contributed by atoms with Crippen LogP contribution in [0.3, 0.4) is 0 Å². The molecule has 0 aliphatic carbocycles. The van der Waals surface area contributed by atoms with Crippen molar-refractivity contribution < 1.29 is 14.2 Å². The van der Waals surface area contributed by atoms with Crippen LogP contribution in [0.25, 0.3) is 0 Å². The molecule has 0 amide bonds. The van der Waals surface area contributed by atoms with Crippen molar-refractivity contribution in [3.05, 3.63) is 50.9 Å². The lowest BCUT2D eigenvalue weighted by Gasteiger charge is -2.20. The highest BCUT2D eigenvalue weighted by Crippen LogP contribution is 2.23. The van der Waals surface area contributed by atoms with Crippen molar-refractivity contribution in [3.63, 3.8) is 0 Å². The standard InChI is InChI=1S/C15H17BrFNO2S/c1-18(9-14-6-7-15(16)21-14)8-12(19)10-20-13-4-2-11(17)3-5-13/h2-7,12,19H,8-10H2,1H3. The fourth-order valence-electron chi connectivity index (χ4n) is 1.90. The third-order valence-corrected chi connectivity index (χ3v) is 4.44. The summed E-state index contributed by atoms with van der Waals surface area (Å²) in [6, 6.07) is 9.85. The van der Waals surface area contributed by atoms with Crippen LogP contribution in [-0.4, -0.2) is 36.3 Å². The first-order valence-corrected chi connectivity index (χ1v) is 8.13. The molecule has 0 spiro atoms. The molecule has 3 nitrogen and oxygen atoms in total. The Kier molecular flexibility index (Phi) is 6.17. The van der Waals surface area contributed by atoms with Gasteiger partial charge in [0.05, 0.1) is 3.79 Å². The Hall–Kier alpha value is -0.950. The van der Waals surface area contributed by atoms with Crippen molar-refractivity contribution in [3.8, 4) is 5.75 Å². The molecule has 0 aliphatic heterocycles. The molecule has 6 heteroatoms. The van der Waals surface area contributed by atoms with Gasteiger partial charge in [-0.25, -0.2) is 4.39 Å². The summed E-state index contributed by atoms with van der Waals surface area (Å²) in [4.78, 5) is 3.27. The molecule has 1 atom stereocenters. The second kappa shape index (κ2) is 7.89. The van der Waals surface area contributed by atoms with Crippen LogP contribution in [0.1, 0.15) is 4.88 Å². The molecule has 1 heterocycles. The SMILES string of the molecule is CN(Cc1ccc(Br)s1)CC(O)COc1ccc(F)cc1. The highest BCUT2D eigenvalue weighted by atomic mass is 79.9. The average Bonchev–Trinajstić information content (AvgIpc) is 2.83. The zero-order chi connectivity index (χ0) is 15.2. The Labute approximate surface area is 136 Å². The van der Waals surface area contributed by atoms with Crippen LogP contribution in [0.15, 0.2) is 40.2 Å². The molecule has 1 aromatic heterocycles. The van der Waals surface area contributed by atoms with Crippen LogP contribution in [0.5, 0.6) is 5.75 Å². The Morgan fingerprint density at radius 3 is 2.62 bits per heavy atom. The molecule has 1 unspecified atom stereocenters. The third-order valence-electron chi connectivity index (χ3n) is 2.83. The van der Waals surface area contributed by atoms with E-state index in [0.717, 1.165) is 10.3 Å². The summed E-state index contributed by atoms with van der Waals surface area (Å²) >= 11 is 5.11. The zero-order valence-electron chi connectivity index (χ0n) is 11.6. The predicted molar refractivity (Wildman–Crippen MR) is 86.3 cm³/mol. The second-order valence-corrected chi connectivity index (χ2v) is 7.37. The number of benzene rings is 1. The number of aliphatic hydroxyl groups excluding tert-OH is 1.